The summed E-state index contributed by atoms with van der Waals surface area (Å²) in [6, 6.07) is 4.04. The van der Waals surface area contributed by atoms with Crippen molar-refractivity contribution in [2.45, 2.75) is 32.6 Å². The van der Waals surface area contributed by atoms with Crippen molar-refractivity contribution in [1.29, 1.82) is 0 Å². The van der Waals surface area contributed by atoms with Crippen LogP contribution in [0.5, 0.6) is 0 Å². The van der Waals surface area contributed by atoms with Gasteiger partial charge < -0.3 is 0 Å². The van der Waals surface area contributed by atoms with Crippen LogP contribution in [0.3, 0.4) is 0 Å². The van der Waals surface area contributed by atoms with Gasteiger partial charge in [-0.2, -0.15) is 11.3 Å². The molecule has 0 saturated heterocycles. The third-order valence-electron chi connectivity index (χ3n) is 1.41. The Balaban J connectivity index is 0.000000211. The lowest BCUT2D eigenvalue weighted by atomic mass is 10.2. The van der Waals surface area contributed by atoms with Crippen LogP contribution in [-0.4, -0.2) is 4.43 Å². The molecule has 1 rings (SSSR count). The molecule has 0 spiro atoms. The van der Waals surface area contributed by atoms with Gasteiger partial charge in [0, 0.05) is 0 Å². The fourth-order valence-corrected chi connectivity index (χ4v) is 1.74. The molecule has 0 atom stereocenters. The Morgan fingerprint density at radius 2 is 1.75 bits per heavy atom. The first-order valence-corrected chi connectivity index (χ1v) is 6.91. The SMILES string of the molecule is CCCCCCI.c1ccsc1. The molecule has 1 aromatic heterocycles. The first-order valence-electron chi connectivity index (χ1n) is 4.45. The maximum absolute atomic E-state index is 2.43. The second kappa shape index (κ2) is 11.4. The molecule has 0 aliphatic carbocycles. The van der Waals surface area contributed by atoms with Crippen LogP contribution in [0.15, 0.2) is 22.9 Å². The molecule has 0 amide bonds. The molecule has 0 radical (unpaired) electrons. The van der Waals surface area contributed by atoms with E-state index in [0.717, 1.165) is 0 Å². The molecule has 1 aromatic rings. The minimum absolute atomic E-state index is 1.33. The van der Waals surface area contributed by atoms with Gasteiger partial charge in [0.05, 0.1) is 0 Å². The molecule has 0 bridgehead atoms. The first-order chi connectivity index (χ1) is 5.91. The summed E-state index contributed by atoms with van der Waals surface area (Å²) >= 11 is 4.14. The smallest absolute Gasteiger partial charge is 0.000473 e. The van der Waals surface area contributed by atoms with Crippen molar-refractivity contribution in [3.63, 3.8) is 0 Å². The van der Waals surface area contributed by atoms with E-state index in [4.69, 9.17) is 0 Å². The molecule has 0 aromatic carbocycles. The van der Waals surface area contributed by atoms with E-state index < -0.39 is 0 Å². The van der Waals surface area contributed by atoms with E-state index in [1.165, 1.54) is 30.1 Å². The quantitative estimate of drug-likeness (QED) is 0.427. The number of alkyl halides is 1. The Kier molecular flexibility index (Phi) is 11.8. The zero-order valence-electron chi connectivity index (χ0n) is 7.63. The second-order valence-electron chi connectivity index (χ2n) is 2.54. The molecule has 0 unspecified atom stereocenters. The van der Waals surface area contributed by atoms with E-state index in [2.05, 4.69) is 29.5 Å². The van der Waals surface area contributed by atoms with Crippen LogP contribution >= 0.6 is 33.9 Å². The van der Waals surface area contributed by atoms with Crippen molar-refractivity contribution in [3.8, 4) is 0 Å². The summed E-state index contributed by atoms with van der Waals surface area (Å²) in [6.45, 7) is 2.24. The van der Waals surface area contributed by atoms with Crippen LogP contribution in [0.4, 0.5) is 0 Å². The number of thiophene rings is 1. The minimum Gasteiger partial charge on any atom is -0.152 e. The van der Waals surface area contributed by atoms with Gasteiger partial charge in [0.25, 0.3) is 0 Å². The van der Waals surface area contributed by atoms with Crippen molar-refractivity contribution in [1.82, 2.24) is 0 Å². The summed E-state index contributed by atoms with van der Waals surface area (Å²) in [4.78, 5) is 0. The Morgan fingerprint density at radius 3 is 2.08 bits per heavy atom. The summed E-state index contributed by atoms with van der Waals surface area (Å²) in [5.41, 5.74) is 0. The molecule has 1 heterocycles. The first kappa shape index (κ1) is 12.4. The maximum Gasteiger partial charge on any atom is -0.000473 e. The highest BCUT2D eigenvalue weighted by atomic mass is 127. The van der Waals surface area contributed by atoms with Crippen LogP contribution in [0.2, 0.25) is 0 Å². The second-order valence-corrected chi connectivity index (χ2v) is 4.44. The summed E-state index contributed by atoms with van der Waals surface area (Å²) in [5.74, 6) is 0. The van der Waals surface area contributed by atoms with Gasteiger partial charge in [-0.25, -0.2) is 0 Å². The van der Waals surface area contributed by atoms with Gasteiger partial charge in [0.1, 0.15) is 0 Å². The fourth-order valence-electron chi connectivity index (χ4n) is 0.748. The zero-order chi connectivity index (χ0) is 9.07. The summed E-state index contributed by atoms with van der Waals surface area (Å²) in [5, 5.41) is 4.08. The largest absolute Gasteiger partial charge is 0.152 e. The Morgan fingerprint density at radius 1 is 1.08 bits per heavy atom. The number of unbranched alkanes of at least 4 members (excludes halogenated alkanes) is 3. The lowest BCUT2D eigenvalue weighted by Crippen LogP contribution is -1.73. The van der Waals surface area contributed by atoms with Crippen LogP contribution < -0.4 is 0 Å². The highest BCUT2D eigenvalue weighted by molar-refractivity contribution is 14.1. The molecule has 0 N–H and O–H groups in total. The number of rotatable bonds is 4. The van der Waals surface area contributed by atoms with Gasteiger partial charge in [0.2, 0.25) is 0 Å². The van der Waals surface area contributed by atoms with Crippen molar-refractivity contribution in [2.24, 2.45) is 0 Å². The lowest BCUT2D eigenvalue weighted by molar-refractivity contribution is 0.710. The molecule has 0 saturated carbocycles. The predicted octanol–water partition coefficient (Wildman–Crippen LogP) is 4.75. The summed E-state index contributed by atoms with van der Waals surface area (Å²) in [6.07, 6.45) is 5.62. The van der Waals surface area contributed by atoms with Crippen LogP contribution in [-0.2, 0) is 0 Å². The molecule has 0 fully saturated rings. The van der Waals surface area contributed by atoms with Crippen molar-refractivity contribution < 1.29 is 0 Å². The highest BCUT2D eigenvalue weighted by Gasteiger charge is 1.81. The molecule has 0 aliphatic heterocycles. The molecule has 70 valence electrons. The molecule has 12 heavy (non-hydrogen) atoms. The predicted molar refractivity (Wildman–Crippen MR) is 67.3 cm³/mol. The Labute approximate surface area is 93.5 Å². The summed E-state index contributed by atoms with van der Waals surface area (Å²) < 4.78 is 1.33. The van der Waals surface area contributed by atoms with Crippen molar-refractivity contribution >= 4 is 33.9 Å². The van der Waals surface area contributed by atoms with Gasteiger partial charge in [-0.05, 0) is 21.6 Å². The monoisotopic (exact) mass is 296 g/mol. The average molecular weight is 296 g/mol. The zero-order valence-corrected chi connectivity index (χ0v) is 10.6. The molecule has 2 heteroatoms. The van der Waals surface area contributed by atoms with E-state index in [0.29, 0.717) is 0 Å². The van der Waals surface area contributed by atoms with Gasteiger partial charge in [-0.1, -0.05) is 60.9 Å². The van der Waals surface area contributed by atoms with Crippen molar-refractivity contribution in [3.05, 3.63) is 22.9 Å². The van der Waals surface area contributed by atoms with Gasteiger partial charge >= 0.3 is 0 Å². The number of halogens is 1. The summed E-state index contributed by atoms with van der Waals surface area (Å²) in [7, 11) is 0. The van der Waals surface area contributed by atoms with E-state index in [1.807, 2.05) is 22.9 Å². The van der Waals surface area contributed by atoms with E-state index in [1.54, 1.807) is 11.3 Å². The van der Waals surface area contributed by atoms with Crippen LogP contribution in [0, 0.1) is 0 Å². The Hall–Kier alpha value is 0.430. The molecular weight excluding hydrogens is 279 g/mol. The Bertz CT molecular complexity index is 116. The molecule has 0 nitrogen and oxygen atoms in total. The number of hydrogen-bond donors (Lipinski definition) is 0. The normalized spacial score (nSPS) is 8.83. The fraction of sp³-hybridized carbons (Fsp3) is 0.600. The molecule has 0 aliphatic rings. The maximum atomic E-state index is 2.43. The van der Waals surface area contributed by atoms with Gasteiger partial charge in [0.15, 0.2) is 0 Å². The minimum atomic E-state index is 1.33. The topological polar surface area (TPSA) is 0 Å². The average Bonchev–Trinajstić information content (AvgIpc) is 2.62. The van der Waals surface area contributed by atoms with E-state index in [9.17, 15) is 0 Å². The molecular formula is C10H17IS. The standard InChI is InChI=1S/C6H13I.C4H4S/c1-2-3-4-5-6-7;1-2-4-5-3-1/h2-6H2,1H3;1-4H. The van der Waals surface area contributed by atoms with Crippen LogP contribution in [0.25, 0.3) is 0 Å². The van der Waals surface area contributed by atoms with Crippen molar-refractivity contribution in [2.75, 3.05) is 4.43 Å². The van der Waals surface area contributed by atoms with Crippen LogP contribution in [0.1, 0.15) is 32.6 Å². The number of hydrogen-bond acceptors (Lipinski definition) is 1. The lowest BCUT2D eigenvalue weighted by Gasteiger charge is -1.89. The highest BCUT2D eigenvalue weighted by Crippen LogP contribution is 2.00. The third-order valence-corrected chi connectivity index (χ3v) is 2.80. The van der Waals surface area contributed by atoms with E-state index in [-0.39, 0.29) is 0 Å². The van der Waals surface area contributed by atoms with Gasteiger partial charge in [-0.3, -0.25) is 0 Å². The third kappa shape index (κ3) is 10.4. The van der Waals surface area contributed by atoms with E-state index >= 15 is 0 Å². The van der Waals surface area contributed by atoms with Gasteiger partial charge in [-0.15, -0.1) is 0 Å².